The summed E-state index contributed by atoms with van der Waals surface area (Å²) in [7, 11) is -3.72. The molecule has 0 aliphatic rings. The van der Waals surface area contributed by atoms with Crippen molar-refractivity contribution in [3.63, 3.8) is 0 Å². The number of carbonyl (C=O) groups is 1. The first kappa shape index (κ1) is 24.7. The minimum Gasteiger partial charge on any atom is -0.490 e. The average molecular weight is 548 g/mol. The fraction of sp³-hybridized carbons (Fsp3) is 0.130. The van der Waals surface area contributed by atoms with Crippen LogP contribution in [0.1, 0.15) is 24.2 Å². The Hall–Kier alpha value is -2.95. The molecule has 0 atom stereocenters. The molecule has 0 fully saturated rings. The van der Waals surface area contributed by atoms with Crippen LogP contribution < -0.4 is 20.1 Å². The summed E-state index contributed by atoms with van der Waals surface area (Å²) in [5.41, 5.74) is 1.40. The Bertz CT molecular complexity index is 1250. The van der Waals surface area contributed by atoms with E-state index in [0.717, 1.165) is 0 Å². The summed E-state index contributed by atoms with van der Waals surface area (Å²) in [6.07, 6.45) is 0.00764. The summed E-state index contributed by atoms with van der Waals surface area (Å²) >= 11 is 8.61. The molecule has 3 aromatic rings. The summed E-state index contributed by atoms with van der Waals surface area (Å²) in [4.78, 5) is 12.6. The van der Waals surface area contributed by atoms with E-state index in [-0.39, 0.29) is 16.1 Å². The first-order valence-corrected chi connectivity index (χ1v) is 12.6. The van der Waals surface area contributed by atoms with Gasteiger partial charge in [-0.15, -0.1) is 0 Å². The number of amides is 1. The maximum atomic E-state index is 12.5. The van der Waals surface area contributed by atoms with Gasteiger partial charge in [0.25, 0.3) is 15.9 Å². The number of hydrogen-bond donors (Lipinski definition) is 3. The van der Waals surface area contributed by atoms with Gasteiger partial charge in [0, 0.05) is 16.9 Å². The molecule has 0 saturated heterocycles. The van der Waals surface area contributed by atoms with Crippen LogP contribution >= 0.6 is 28.1 Å². The molecule has 0 unspecified atom stereocenters. The highest BCUT2D eigenvalue weighted by atomic mass is 79.9. The van der Waals surface area contributed by atoms with Crippen molar-refractivity contribution in [1.29, 1.82) is 0 Å². The molecule has 0 aliphatic heterocycles. The van der Waals surface area contributed by atoms with Crippen LogP contribution in [0.2, 0.25) is 0 Å². The zero-order valence-corrected chi connectivity index (χ0v) is 21.1. The molecule has 10 heteroatoms. The van der Waals surface area contributed by atoms with Gasteiger partial charge in [0.05, 0.1) is 15.5 Å². The van der Waals surface area contributed by atoms with Crippen molar-refractivity contribution in [2.75, 3.05) is 10.0 Å². The third kappa shape index (κ3) is 7.01. The summed E-state index contributed by atoms with van der Waals surface area (Å²) in [6.45, 7) is 3.83. The molecule has 172 valence electrons. The van der Waals surface area contributed by atoms with Crippen molar-refractivity contribution in [3.05, 3.63) is 82.8 Å². The molecule has 1 amide bonds. The maximum absolute atomic E-state index is 12.5. The molecule has 0 heterocycles. The van der Waals surface area contributed by atoms with E-state index in [2.05, 4.69) is 31.3 Å². The van der Waals surface area contributed by atoms with Crippen molar-refractivity contribution < 1.29 is 17.9 Å². The third-order valence-electron chi connectivity index (χ3n) is 4.23. The highest BCUT2D eigenvalue weighted by molar-refractivity contribution is 9.10. The number of thiocarbonyl (C=S) groups is 1. The number of carbonyl (C=O) groups excluding carboxylic acids is 1. The van der Waals surface area contributed by atoms with Gasteiger partial charge in [-0.05, 0) is 96.6 Å². The number of rotatable bonds is 7. The van der Waals surface area contributed by atoms with Gasteiger partial charge in [0.15, 0.2) is 5.11 Å². The van der Waals surface area contributed by atoms with E-state index in [4.69, 9.17) is 17.0 Å². The first-order chi connectivity index (χ1) is 15.6. The molecule has 3 rings (SSSR count). The zero-order chi connectivity index (χ0) is 24.0. The fourth-order valence-corrected chi connectivity index (χ4v) is 4.51. The standard InChI is InChI=1S/C23H22BrN3O4S2/c1-15(2)31-21-13-8-16(14-20(21)24)22(28)26-23(32)25-17-9-11-19(12-10-17)33(29,30)27-18-6-4-3-5-7-18/h3-15,27H,1-2H3,(H2,25,26,28,32). The molecular formula is C23H22BrN3O4S2. The highest BCUT2D eigenvalue weighted by Crippen LogP contribution is 2.27. The van der Waals surface area contributed by atoms with E-state index >= 15 is 0 Å². The number of para-hydroxylation sites is 1. The second kappa shape index (κ2) is 10.8. The van der Waals surface area contributed by atoms with Gasteiger partial charge in [-0.3, -0.25) is 14.8 Å². The third-order valence-corrected chi connectivity index (χ3v) is 6.45. The van der Waals surface area contributed by atoms with Crippen LogP contribution in [-0.4, -0.2) is 25.5 Å². The number of hydrogen-bond acceptors (Lipinski definition) is 5. The second-order valence-electron chi connectivity index (χ2n) is 7.22. The predicted octanol–water partition coefficient (Wildman–Crippen LogP) is 5.16. The monoisotopic (exact) mass is 547 g/mol. The quantitative estimate of drug-likeness (QED) is 0.353. The lowest BCUT2D eigenvalue weighted by Crippen LogP contribution is -2.34. The van der Waals surface area contributed by atoms with Crippen molar-refractivity contribution in [2.45, 2.75) is 24.8 Å². The van der Waals surface area contributed by atoms with E-state index in [0.29, 0.717) is 27.2 Å². The van der Waals surface area contributed by atoms with Gasteiger partial charge in [-0.1, -0.05) is 18.2 Å². The number of nitrogens with one attached hydrogen (secondary N) is 3. The van der Waals surface area contributed by atoms with Crippen LogP contribution in [-0.2, 0) is 10.0 Å². The van der Waals surface area contributed by atoms with E-state index in [9.17, 15) is 13.2 Å². The molecule has 7 nitrogen and oxygen atoms in total. The van der Waals surface area contributed by atoms with Gasteiger partial charge in [-0.25, -0.2) is 8.42 Å². The summed E-state index contributed by atoms with van der Waals surface area (Å²) in [5.74, 6) is 0.245. The fourth-order valence-electron chi connectivity index (χ4n) is 2.77. The summed E-state index contributed by atoms with van der Waals surface area (Å²) in [6, 6.07) is 19.6. The van der Waals surface area contributed by atoms with Crippen LogP contribution in [0.25, 0.3) is 0 Å². The van der Waals surface area contributed by atoms with E-state index in [1.54, 1.807) is 60.7 Å². The molecule has 3 N–H and O–H groups in total. The Morgan fingerprint density at radius 1 is 0.970 bits per heavy atom. The van der Waals surface area contributed by atoms with Crippen molar-refractivity contribution in [2.24, 2.45) is 0 Å². The highest BCUT2D eigenvalue weighted by Gasteiger charge is 2.15. The van der Waals surface area contributed by atoms with E-state index < -0.39 is 15.9 Å². The van der Waals surface area contributed by atoms with Gasteiger partial charge < -0.3 is 10.1 Å². The average Bonchev–Trinajstić information content (AvgIpc) is 2.75. The number of sulfonamides is 1. The number of benzene rings is 3. The topological polar surface area (TPSA) is 96.5 Å². The molecule has 0 bridgehead atoms. The molecule has 0 aliphatic carbocycles. The van der Waals surface area contributed by atoms with Gasteiger partial charge in [-0.2, -0.15) is 0 Å². The smallest absolute Gasteiger partial charge is 0.261 e. The molecule has 0 saturated carbocycles. The lowest BCUT2D eigenvalue weighted by Gasteiger charge is -2.13. The Labute approximate surface area is 206 Å². The minimum atomic E-state index is -3.72. The Morgan fingerprint density at radius 3 is 2.24 bits per heavy atom. The van der Waals surface area contributed by atoms with Crippen molar-refractivity contribution in [3.8, 4) is 5.75 Å². The van der Waals surface area contributed by atoms with Crippen LogP contribution in [0.4, 0.5) is 11.4 Å². The first-order valence-electron chi connectivity index (χ1n) is 9.90. The van der Waals surface area contributed by atoms with Crippen LogP contribution in [0.3, 0.4) is 0 Å². The molecule has 3 aromatic carbocycles. The summed E-state index contributed by atoms with van der Waals surface area (Å²) in [5, 5.41) is 5.55. The number of ether oxygens (including phenoxy) is 1. The predicted molar refractivity (Wildman–Crippen MR) is 137 cm³/mol. The minimum absolute atomic E-state index is 0.00764. The Morgan fingerprint density at radius 2 is 1.64 bits per heavy atom. The zero-order valence-electron chi connectivity index (χ0n) is 17.8. The summed E-state index contributed by atoms with van der Waals surface area (Å²) < 4.78 is 33.9. The SMILES string of the molecule is CC(C)Oc1ccc(C(=O)NC(=S)Nc2ccc(S(=O)(=O)Nc3ccccc3)cc2)cc1Br. The molecule has 33 heavy (non-hydrogen) atoms. The number of anilines is 2. The van der Waals surface area contributed by atoms with Crippen LogP contribution in [0, 0.1) is 0 Å². The number of halogens is 1. The molecule has 0 aromatic heterocycles. The van der Waals surface area contributed by atoms with Crippen molar-refractivity contribution in [1.82, 2.24) is 5.32 Å². The lowest BCUT2D eigenvalue weighted by atomic mass is 10.2. The van der Waals surface area contributed by atoms with Crippen LogP contribution in [0.5, 0.6) is 5.75 Å². The molecule has 0 spiro atoms. The second-order valence-corrected chi connectivity index (χ2v) is 10.2. The Balaban J connectivity index is 1.60. The van der Waals surface area contributed by atoms with Gasteiger partial charge in [0.2, 0.25) is 0 Å². The molecular weight excluding hydrogens is 526 g/mol. The van der Waals surface area contributed by atoms with Gasteiger partial charge in [0.1, 0.15) is 5.75 Å². The Kier molecular flexibility index (Phi) is 8.06. The van der Waals surface area contributed by atoms with Crippen molar-refractivity contribution >= 4 is 60.6 Å². The lowest BCUT2D eigenvalue weighted by molar-refractivity contribution is 0.0977. The van der Waals surface area contributed by atoms with E-state index in [1.165, 1.54) is 12.1 Å². The van der Waals surface area contributed by atoms with Crippen LogP contribution in [0.15, 0.2) is 82.2 Å². The molecule has 0 radical (unpaired) electrons. The van der Waals surface area contributed by atoms with E-state index in [1.807, 2.05) is 13.8 Å². The largest absolute Gasteiger partial charge is 0.490 e. The van der Waals surface area contributed by atoms with Gasteiger partial charge >= 0.3 is 0 Å². The normalized spacial score (nSPS) is 11.0. The maximum Gasteiger partial charge on any atom is 0.261 e.